The molecule has 0 unspecified atom stereocenters. The molecule has 0 saturated carbocycles. The van der Waals surface area contributed by atoms with Crippen molar-refractivity contribution in [3.05, 3.63) is 29.8 Å². The highest BCUT2D eigenvalue weighted by atomic mass is 19.1. The molecule has 4 nitrogen and oxygen atoms in total. The summed E-state index contributed by atoms with van der Waals surface area (Å²) in [5, 5.41) is 4.03. The van der Waals surface area contributed by atoms with Crippen molar-refractivity contribution >= 4 is 5.82 Å². The standard InChI is InChI=1S/C10H11FN4/c1-6-5-13-4-3-7(6)9-8(11)10(12)15(2)14-9/h3-5H,12H2,1-2H3. The number of aromatic nitrogens is 3. The lowest BCUT2D eigenvalue weighted by molar-refractivity contribution is 0.633. The molecule has 0 saturated heterocycles. The minimum absolute atomic E-state index is 0.0428. The Balaban J connectivity index is 2.65. The molecule has 5 heteroatoms. The molecule has 0 aromatic carbocycles. The van der Waals surface area contributed by atoms with Crippen molar-refractivity contribution in [1.29, 1.82) is 0 Å². The second kappa shape index (κ2) is 3.34. The minimum Gasteiger partial charge on any atom is -0.381 e. The number of nitrogens with zero attached hydrogens (tertiary/aromatic N) is 3. The predicted molar refractivity (Wildman–Crippen MR) is 55.5 cm³/mol. The quantitative estimate of drug-likeness (QED) is 0.769. The number of halogens is 1. The number of hydrogen-bond acceptors (Lipinski definition) is 3. The van der Waals surface area contributed by atoms with Gasteiger partial charge in [0.25, 0.3) is 0 Å². The molecule has 0 bridgehead atoms. The fraction of sp³-hybridized carbons (Fsp3) is 0.200. The fourth-order valence-corrected chi connectivity index (χ4v) is 1.42. The van der Waals surface area contributed by atoms with E-state index in [0.717, 1.165) is 11.1 Å². The van der Waals surface area contributed by atoms with Gasteiger partial charge in [0, 0.05) is 25.0 Å². The number of aryl methyl sites for hydroxylation is 2. The summed E-state index contributed by atoms with van der Waals surface area (Å²) in [5.74, 6) is -0.437. The van der Waals surface area contributed by atoms with Gasteiger partial charge in [0.1, 0.15) is 5.69 Å². The van der Waals surface area contributed by atoms with E-state index in [1.807, 2.05) is 6.92 Å². The molecule has 2 rings (SSSR count). The van der Waals surface area contributed by atoms with Gasteiger partial charge >= 0.3 is 0 Å². The highest BCUT2D eigenvalue weighted by Gasteiger charge is 2.16. The van der Waals surface area contributed by atoms with Crippen LogP contribution >= 0.6 is 0 Å². The summed E-state index contributed by atoms with van der Waals surface area (Å²) in [6.07, 6.45) is 3.27. The highest BCUT2D eigenvalue weighted by molar-refractivity contribution is 5.66. The average molecular weight is 206 g/mol. The molecule has 78 valence electrons. The molecule has 0 aliphatic rings. The van der Waals surface area contributed by atoms with Crippen LogP contribution in [0.15, 0.2) is 18.5 Å². The van der Waals surface area contributed by atoms with Crippen LogP contribution in [0.25, 0.3) is 11.3 Å². The Labute approximate surface area is 86.6 Å². The summed E-state index contributed by atoms with van der Waals surface area (Å²) >= 11 is 0. The summed E-state index contributed by atoms with van der Waals surface area (Å²) < 4.78 is 15.0. The van der Waals surface area contributed by atoms with Crippen LogP contribution < -0.4 is 5.73 Å². The maximum absolute atomic E-state index is 13.7. The van der Waals surface area contributed by atoms with Crippen molar-refractivity contribution in [2.45, 2.75) is 6.92 Å². The van der Waals surface area contributed by atoms with Crippen LogP contribution in [0.3, 0.4) is 0 Å². The van der Waals surface area contributed by atoms with Crippen LogP contribution in [0.1, 0.15) is 5.56 Å². The number of hydrogen-bond donors (Lipinski definition) is 1. The van der Waals surface area contributed by atoms with Crippen LogP contribution in [0.5, 0.6) is 0 Å². The maximum atomic E-state index is 13.7. The molecule has 0 spiro atoms. The molecule has 2 aromatic rings. The monoisotopic (exact) mass is 206 g/mol. The third-order valence-corrected chi connectivity index (χ3v) is 2.31. The SMILES string of the molecule is Cc1cnccc1-c1nn(C)c(N)c1F. The summed E-state index contributed by atoms with van der Waals surface area (Å²) in [5.41, 5.74) is 7.36. The van der Waals surface area contributed by atoms with Gasteiger partial charge in [-0.3, -0.25) is 4.98 Å². The number of nitrogen functional groups attached to an aromatic ring is 1. The Morgan fingerprint density at radius 3 is 2.73 bits per heavy atom. The lowest BCUT2D eigenvalue weighted by atomic mass is 10.1. The third kappa shape index (κ3) is 1.45. The van der Waals surface area contributed by atoms with Crippen molar-refractivity contribution in [1.82, 2.24) is 14.8 Å². The molecule has 2 heterocycles. The molecular weight excluding hydrogens is 195 g/mol. The average Bonchev–Trinajstić information content (AvgIpc) is 2.47. The Hall–Kier alpha value is -1.91. The molecule has 0 amide bonds. The van der Waals surface area contributed by atoms with E-state index in [-0.39, 0.29) is 11.5 Å². The first kappa shape index (κ1) is 9.64. The first-order chi connectivity index (χ1) is 7.11. The van der Waals surface area contributed by atoms with E-state index in [2.05, 4.69) is 10.1 Å². The predicted octanol–water partition coefficient (Wildman–Crippen LogP) is 1.51. The summed E-state index contributed by atoms with van der Waals surface area (Å²) in [7, 11) is 1.61. The van der Waals surface area contributed by atoms with Crippen LogP contribution in [-0.4, -0.2) is 14.8 Å². The maximum Gasteiger partial charge on any atom is 0.192 e. The minimum atomic E-state index is -0.480. The molecular formula is C10H11FN4. The van der Waals surface area contributed by atoms with Crippen molar-refractivity contribution in [2.75, 3.05) is 5.73 Å². The largest absolute Gasteiger partial charge is 0.381 e. The van der Waals surface area contributed by atoms with E-state index in [9.17, 15) is 4.39 Å². The zero-order chi connectivity index (χ0) is 11.0. The van der Waals surface area contributed by atoms with Gasteiger partial charge in [-0.2, -0.15) is 5.10 Å². The number of rotatable bonds is 1. The highest BCUT2D eigenvalue weighted by Crippen LogP contribution is 2.26. The van der Waals surface area contributed by atoms with E-state index in [1.54, 1.807) is 25.5 Å². The van der Waals surface area contributed by atoms with E-state index >= 15 is 0 Å². The van der Waals surface area contributed by atoms with Gasteiger partial charge in [0.05, 0.1) is 0 Å². The van der Waals surface area contributed by atoms with Crippen LogP contribution in [0.4, 0.5) is 10.2 Å². The Morgan fingerprint density at radius 1 is 1.47 bits per heavy atom. The Morgan fingerprint density at radius 2 is 2.20 bits per heavy atom. The normalized spacial score (nSPS) is 10.6. The zero-order valence-corrected chi connectivity index (χ0v) is 8.53. The van der Waals surface area contributed by atoms with Gasteiger partial charge in [-0.25, -0.2) is 9.07 Å². The van der Waals surface area contributed by atoms with Gasteiger partial charge in [0.2, 0.25) is 0 Å². The second-order valence-electron chi connectivity index (χ2n) is 3.36. The third-order valence-electron chi connectivity index (χ3n) is 2.31. The zero-order valence-electron chi connectivity index (χ0n) is 8.53. The molecule has 15 heavy (non-hydrogen) atoms. The molecule has 0 fully saturated rings. The van der Waals surface area contributed by atoms with Gasteiger partial charge in [0.15, 0.2) is 11.6 Å². The van der Waals surface area contributed by atoms with Crippen LogP contribution in [0, 0.1) is 12.7 Å². The molecule has 0 aliphatic carbocycles. The first-order valence-corrected chi connectivity index (χ1v) is 4.50. The molecule has 0 aliphatic heterocycles. The van der Waals surface area contributed by atoms with Gasteiger partial charge < -0.3 is 5.73 Å². The smallest absolute Gasteiger partial charge is 0.192 e. The molecule has 0 atom stereocenters. The molecule has 2 N–H and O–H groups in total. The van der Waals surface area contributed by atoms with Crippen molar-refractivity contribution in [3.63, 3.8) is 0 Å². The summed E-state index contributed by atoms with van der Waals surface area (Å²) in [6.45, 7) is 1.85. The summed E-state index contributed by atoms with van der Waals surface area (Å²) in [4.78, 5) is 3.94. The van der Waals surface area contributed by atoms with E-state index in [4.69, 9.17) is 5.73 Å². The van der Waals surface area contributed by atoms with Gasteiger partial charge in [-0.15, -0.1) is 0 Å². The lowest BCUT2D eigenvalue weighted by Gasteiger charge is -2.00. The number of nitrogens with two attached hydrogens (primary N) is 1. The van der Waals surface area contributed by atoms with Crippen LogP contribution in [-0.2, 0) is 7.05 Å². The number of pyridine rings is 1. The topological polar surface area (TPSA) is 56.7 Å². The summed E-state index contributed by atoms with van der Waals surface area (Å²) in [6, 6.07) is 1.72. The molecule has 0 radical (unpaired) electrons. The van der Waals surface area contributed by atoms with Crippen molar-refractivity contribution < 1.29 is 4.39 Å². The Bertz CT molecular complexity index is 504. The Kier molecular flexibility index (Phi) is 2.15. The van der Waals surface area contributed by atoms with Gasteiger partial charge in [-0.05, 0) is 18.6 Å². The van der Waals surface area contributed by atoms with E-state index in [1.165, 1.54) is 4.68 Å². The van der Waals surface area contributed by atoms with E-state index < -0.39 is 5.82 Å². The van der Waals surface area contributed by atoms with Crippen molar-refractivity contribution in [2.24, 2.45) is 7.05 Å². The first-order valence-electron chi connectivity index (χ1n) is 4.50. The second-order valence-corrected chi connectivity index (χ2v) is 3.36. The molecule has 2 aromatic heterocycles. The lowest BCUT2D eigenvalue weighted by Crippen LogP contribution is -1.97. The van der Waals surface area contributed by atoms with Gasteiger partial charge in [-0.1, -0.05) is 0 Å². The van der Waals surface area contributed by atoms with E-state index in [0.29, 0.717) is 0 Å². The fourth-order valence-electron chi connectivity index (χ4n) is 1.42. The van der Waals surface area contributed by atoms with Crippen molar-refractivity contribution in [3.8, 4) is 11.3 Å². The van der Waals surface area contributed by atoms with Crippen LogP contribution in [0.2, 0.25) is 0 Å². The number of anilines is 1.